The molecule has 234 valence electrons. The van der Waals surface area contributed by atoms with E-state index in [-0.39, 0.29) is 0 Å². The van der Waals surface area contributed by atoms with Gasteiger partial charge in [-0.05, 0) is 91.3 Å². The predicted molar refractivity (Wildman–Crippen MR) is 205 cm³/mol. The molecule has 0 aliphatic heterocycles. The first kappa shape index (κ1) is 29.9. The Labute approximate surface area is 287 Å². The van der Waals surface area contributed by atoms with Crippen LogP contribution in [0.1, 0.15) is 5.56 Å². The van der Waals surface area contributed by atoms with Crippen LogP contribution in [0, 0.1) is 6.92 Å². The number of aryl methyl sites for hydroxylation is 1. The lowest BCUT2D eigenvalue weighted by molar-refractivity contribution is 1.25. The standard InChI is InChI=1S/C45H34N4/c1-33-15-14-24-42-43(33)47-45(44(46-42)34-16-6-2-7-17-34)35-25-27-39(28-26-35)49(38-22-12-5-13-23-38)41-31-29-40(30-32-41)48(36-18-8-3-9-19-36)37-20-10-4-11-21-37/h2-32H,1H3. The Morgan fingerprint density at radius 3 is 1.16 bits per heavy atom. The van der Waals surface area contributed by atoms with Gasteiger partial charge in [0.1, 0.15) is 0 Å². The Kier molecular flexibility index (Phi) is 8.11. The average molecular weight is 631 g/mol. The summed E-state index contributed by atoms with van der Waals surface area (Å²) in [5, 5.41) is 0. The molecule has 0 radical (unpaired) electrons. The highest BCUT2D eigenvalue weighted by Gasteiger charge is 2.18. The first-order valence-corrected chi connectivity index (χ1v) is 16.5. The van der Waals surface area contributed by atoms with Crippen molar-refractivity contribution < 1.29 is 0 Å². The Morgan fingerprint density at radius 1 is 0.327 bits per heavy atom. The lowest BCUT2D eigenvalue weighted by Gasteiger charge is -2.28. The smallest absolute Gasteiger partial charge is 0.0973 e. The van der Waals surface area contributed by atoms with Crippen molar-refractivity contribution in [3.8, 4) is 22.5 Å². The van der Waals surface area contributed by atoms with Crippen LogP contribution < -0.4 is 9.80 Å². The Bertz CT molecular complexity index is 2270. The second-order valence-corrected chi connectivity index (χ2v) is 12.0. The third-order valence-electron chi connectivity index (χ3n) is 8.75. The fraction of sp³-hybridized carbons (Fsp3) is 0.0222. The molecule has 4 heteroatoms. The molecule has 0 amide bonds. The van der Waals surface area contributed by atoms with Crippen molar-refractivity contribution in [2.24, 2.45) is 0 Å². The highest BCUT2D eigenvalue weighted by Crippen LogP contribution is 2.40. The summed E-state index contributed by atoms with van der Waals surface area (Å²) in [4.78, 5) is 14.9. The summed E-state index contributed by atoms with van der Waals surface area (Å²) in [5.41, 5.74) is 13.3. The van der Waals surface area contributed by atoms with Crippen LogP contribution in [-0.2, 0) is 0 Å². The number of fused-ring (bicyclic) bond motifs is 1. The quantitative estimate of drug-likeness (QED) is 0.167. The molecule has 1 heterocycles. The third kappa shape index (κ3) is 6.04. The summed E-state index contributed by atoms with van der Waals surface area (Å²) in [5.74, 6) is 0. The molecule has 49 heavy (non-hydrogen) atoms. The molecule has 1 aromatic heterocycles. The van der Waals surface area contributed by atoms with Crippen molar-refractivity contribution in [3.05, 3.63) is 194 Å². The van der Waals surface area contributed by atoms with E-state index in [4.69, 9.17) is 9.97 Å². The second kappa shape index (κ2) is 13.3. The lowest BCUT2D eigenvalue weighted by Crippen LogP contribution is -2.12. The zero-order chi connectivity index (χ0) is 33.0. The normalized spacial score (nSPS) is 11.0. The van der Waals surface area contributed by atoms with Gasteiger partial charge in [0.05, 0.1) is 22.4 Å². The number of benzene rings is 7. The Hall–Kier alpha value is -6.52. The molecule has 0 fully saturated rings. The van der Waals surface area contributed by atoms with Crippen molar-refractivity contribution >= 4 is 45.2 Å². The van der Waals surface area contributed by atoms with Crippen molar-refractivity contribution in [2.75, 3.05) is 9.80 Å². The van der Waals surface area contributed by atoms with Crippen molar-refractivity contribution in [1.82, 2.24) is 9.97 Å². The summed E-state index contributed by atoms with van der Waals surface area (Å²) in [6.07, 6.45) is 0. The van der Waals surface area contributed by atoms with Gasteiger partial charge in [-0.15, -0.1) is 0 Å². The molecular weight excluding hydrogens is 597 g/mol. The minimum atomic E-state index is 0.872. The van der Waals surface area contributed by atoms with E-state index in [0.29, 0.717) is 0 Å². The number of nitrogens with zero attached hydrogens (tertiary/aromatic N) is 4. The van der Waals surface area contributed by atoms with Gasteiger partial charge in [0, 0.05) is 45.3 Å². The van der Waals surface area contributed by atoms with E-state index in [1.165, 1.54) is 0 Å². The van der Waals surface area contributed by atoms with E-state index >= 15 is 0 Å². The summed E-state index contributed by atoms with van der Waals surface area (Å²) < 4.78 is 0. The third-order valence-corrected chi connectivity index (χ3v) is 8.75. The molecule has 0 spiro atoms. The van der Waals surface area contributed by atoms with Crippen LogP contribution in [0.4, 0.5) is 34.1 Å². The van der Waals surface area contributed by atoms with E-state index in [1.807, 2.05) is 30.3 Å². The van der Waals surface area contributed by atoms with Crippen LogP contribution in [0.5, 0.6) is 0 Å². The molecule has 0 aliphatic carbocycles. The van der Waals surface area contributed by atoms with Gasteiger partial charge in [-0.3, -0.25) is 0 Å². The zero-order valence-electron chi connectivity index (χ0n) is 27.2. The first-order chi connectivity index (χ1) is 24.2. The molecule has 0 unspecified atom stereocenters. The van der Waals surface area contributed by atoms with E-state index < -0.39 is 0 Å². The number of hydrogen-bond acceptors (Lipinski definition) is 4. The van der Waals surface area contributed by atoms with Crippen molar-refractivity contribution in [3.63, 3.8) is 0 Å². The van der Waals surface area contributed by atoms with Crippen LogP contribution >= 0.6 is 0 Å². The molecular formula is C45H34N4. The van der Waals surface area contributed by atoms with Crippen LogP contribution in [0.25, 0.3) is 33.5 Å². The molecule has 8 rings (SSSR count). The van der Waals surface area contributed by atoms with Gasteiger partial charge >= 0.3 is 0 Å². The number of anilines is 6. The summed E-state index contributed by atoms with van der Waals surface area (Å²) in [7, 11) is 0. The van der Waals surface area contributed by atoms with Crippen LogP contribution in [-0.4, -0.2) is 9.97 Å². The minimum absolute atomic E-state index is 0.872. The Morgan fingerprint density at radius 2 is 0.694 bits per heavy atom. The number of para-hydroxylation sites is 4. The fourth-order valence-corrected chi connectivity index (χ4v) is 6.36. The van der Waals surface area contributed by atoms with Crippen LogP contribution in [0.3, 0.4) is 0 Å². The van der Waals surface area contributed by atoms with Gasteiger partial charge in [0.15, 0.2) is 0 Å². The monoisotopic (exact) mass is 630 g/mol. The van der Waals surface area contributed by atoms with Crippen LogP contribution in [0.15, 0.2) is 188 Å². The van der Waals surface area contributed by atoms with Crippen molar-refractivity contribution in [2.45, 2.75) is 6.92 Å². The van der Waals surface area contributed by atoms with E-state index in [2.05, 4.69) is 174 Å². The lowest BCUT2D eigenvalue weighted by atomic mass is 10.0. The van der Waals surface area contributed by atoms with Gasteiger partial charge in [-0.1, -0.05) is 109 Å². The molecule has 0 N–H and O–H groups in total. The molecule has 0 aliphatic rings. The molecule has 8 aromatic rings. The maximum atomic E-state index is 5.21. The van der Waals surface area contributed by atoms with Gasteiger partial charge in [0.25, 0.3) is 0 Å². The minimum Gasteiger partial charge on any atom is -0.311 e. The highest BCUT2D eigenvalue weighted by molar-refractivity contribution is 5.88. The van der Waals surface area contributed by atoms with Crippen LogP contribution in [0.2, 0.25) is 0 Å². The zero-order valence-corrected chi connectivity index (χ0v) is 27.2. The van der Waals surface area contributed by atoms with Gasteiger partial charge in [-0.25, -0.2) is 9.97 Å². The molecule has 0 bridgehead atoms. The van der Waals surface area contributed by atoms with E-state index in [1.54, 1.807) is 0 Å². The molecule has 4 nitrogen and oxygen atoms in total. The predicted octanol–water partition coefficient (Wildman–Crippen LogP) is 12.2. The Balaban J connectivity index is 1.20. The SMILES string of the molecule is Cc1cccc2nc(-c3ccccc3)c(-c3ccc(N(c4ccccc4)c4ccc(N(c5ccccc5)c5ccccc5)cc4)cc3)nc12. The summed E-state index contributed by atoms with van der Waals surface area (Å²) in [6, 6.07) is 65.4. The van der Waals surface area contributed by atoms with E-state index in [9.17, 15) is 0 Å². The largest absolute Gasteiger partial charge is 0.311 e. The van der Waals surface area contributed by atoms with E-state index in [0.717, 1.165) is 73.2 Å². The molecule has 0 saturated heterocycles. The second-order valence-electron chi connectivity index (χ2n) is 12.0. The molecule has 0 atom stereocenters. The first-order valence-electron chi connectivity index (χ1n) is 16.5. The fourth-order valence-electron chi connectivity index (χ4n) is 6.36. The topological polar surface area (TPSA) is 32.3 Å². The van der Waals surface area contributed by atoms with Crippen molar-refractivity contribution in [1.29, 1.82) is 0 Å². The average Bonchev–Trinajstić information content (AvgIpc) is 3.17. The molecule has 0 saturated carbocycles. The highest BCUT2D eigenvalue weighted by atomic mass is 15.2. The molecule has 7 aromatic carbocycles. The van der Waals surface area contributed by atoms with Gasteiger partial charge in [0.2, 0.25) is 0 Å². The van der Waals surface area contributed by atoms with Gasteiger partial charge < -0.3 is 9.80 Å². The maximum absolute atomic E-state index is 5.21. The summed E-state index contributed by atoms with van der Waals surface area (Å²) >= 11 is 0. The number of aromatic nitrogens is 2. The maximum Gasteiger partial charge on any atom is 0.0973 e. The van der Waals surface area contributed by atoms with Gasteiger partial charge in [-0.2, -0.15) is 0 Å². The number of hydrogen-bond donors (Lipinski definition) is 0. The number of rotatable bonds is 8. The summed E-state index contributed by atoms with van der Waals surface area (Å²) in [6.45, 7) is 2.09.